The highest BCUT2D eigenvalue weighted by Gasteiger charge is 2.21. The molecule has 0 aliphatic rings. The van der Waals surface area contributed by atoms with Gasteiger partial charge < -0.3 is 4.42 Å². The Morgan fingerprint density at radius 3 is 1.61 bits per heavy atom. The minimum Gasteiger partial charge on any atom is -0.455 e. The third kappa shape index (κ3) is 5.03. The number of hydrogen-bond donors (Lipinski definition) is 0. The van der Waals surface area contributed by atoms with E-state index in [0.717, 1.165) is 82.7 Å². The van der Waals surface area contributed by atoms with Crippen molar-refractivity contribution in [2.75, 3.05) is 0 Å². The first-order valence-electron chi connectivity index (χ1n) is 17.0. The van der Waals surface area contributed by atoms with E-state index in [4.69, 9.17) is 24.4 Å². The van der Waals surface area contributed by atoms with Gasteiger partial charge in [-0.1, -0.05) is 146 Å². The number of aromatic nitrogens is 4. The Kier molecular flexibility index (Phi) is 6.74. The molecule has 3 aromatic heterocycles. The van der Waals surface area contributed by atoms with Crippen LogP contribution in [0.2, 0.25) is 0 Å². The zero-order chi connectivity index (χ0) is 33.7. The molecule has 0 bridgehead atoms. The molecule has 3 heterocycles. The van der Waals surface area contributed by atoms with Crippen LogP contribution < -0.4 is 0 Å². The maximum atomic E-state index is 6.62. The molecule has 238 valence electrons. The zero-order valence-electron chi connectivity index (χ0n) is 27.4. The molecule has 10 rings (SSSR count). The Balaban J connectivity index is 1.24. The largest absolute Gasteiger partial charge is 0.455 e. The Hall–Kier alpha value is -6.98. The van der Waals surface area contributed by atoms with Gasteiger partial charge in [-0.05, 0) is 40.8 Å². The molecule has 0 aliphatic heterocycles. The van der Waals surface area contributed by atoms with Crippen LogP contribution in [-0.4, -0.2) is 19.9 Å². The Morgan fingerprint density at radius 1 is 0.333 bits per heavy atom. The minimum absolute atomic E-state index is 0.530. The van der Waals surface area contributed by atoms with Crippen molar-refractivity contribution in [3.8, 4) is 56.5 Å². The number of para-hydroxylation sites is 2. The number of furan rings is 1. The molecular weight excluding hydrogens is 625 g/mol. The number of fused-ring (bicyclic) bond motifs is 6. The lowest BCUT2D eigenvalue weighted by molar-refractivity contribution is 0.669. The second-order valence-corrected chi connectivity index (χ2v) is 12.6. The Labute approximate surface area is 293 Å². The Morgan fingerprint density at radius 2 is 0.863 bits per heavy atom. The smallest absolute Gasteiger partial charge is 0.167 e. The molecule has 0 amide bonds. The normalized spacial score (nSPS) is 11.5. The van der Waals surface area contributed by atoms with E-state index in [9.17, 15) is 0 Å². The van der Waals surface area contributed by atoms with E-state index in [2.05, 4.69) is 109 Å². The second-order valence-electron chi connectivity index (χ2n) is 12.6. The summed E-state index contributed by atoms with van der Waals surface area (Å²) in [5.41, 5.74) is 9.19. The van der Waals surface area contributed by atoms with Crippen molar-refractivity contribution >= 4 is 43.6 Å². The first-order valence-corrected chi connectivity index (χ1v) is 17.0. The third-order valence-corrected chi connectivity index (χ3v) is 9.52. The lowest BCUT2D eigenvalue weighted by Crippen LogP contribution is -2.01. The topological polar surface area (TPSA) is 64.7 Å². The van der Waals surface area contributed by atoms with Gasteiger partial charge >= 0.3 is 0 Å². The van der Waals surface area contributed by atoms with Crippen molar-refractivity contribution in [2.45, 2.75) is 0 Å². The summed E-state index contributed by atoms with van der Waals surface area (Å²) < 4.78 is 6.62. The fourth-order valence-electron chi connectivity index (χ4n) is 7.04. The van der Waals surface area contributed by atoms with E-state index in [1.165, 1.54) is 0 Å². The van der Waals surface area contributed by atoms with Gasteiger partial charge in [0.05, 0.1) is 16.8 Å². The molecule has 0 atom stereocenters. The van der Waals surface area contributed by atoms with Crippen LogP contribution >= 0.6 is 0 Å². The van der Waals surface area contributed by atoms with Crippen LogP contribution in [0, 0.1) is 0 Å². The predicted molar refractivity (Wildman–Crippen MR) is 207 cm³/mol. The summed E-state index contributed by atoms with van der Waals surface area (Å²) in [4.78, 5) is 20.6. The first-order chi connectivity index (χ1) is 25.3. The average Bonchev–Trinajstić information content (AvgIpc) is 3.59. The van der Waals surface area contributed by atoms with Gasteiger partial charge in [0, 0.05) is 38.2 Å². The van der Waals surface area contributed by atoms with Gasteiger partial charge in [-0.15, -0.1) is 0 Å². The lowest BCUT2D eigenvalue weighted by Gasteiger charge is -2.13. The van der Waals surface area contributed by atoms with Crippen molar-refractivity contribution in [1.29, 1.82) is 0 Å². The molecule has 0 radical (unpaired) electrons. The van der Waals surface area contributed by atoms with E-state index < -0.39 is 0 Å². The predicted octanol–water partition coefficient (Wildman–Crippen LogP) is 11.8. The van der Waals surface area contributed by atoms with Crippen LogP contribution in [0.15, 0.2) is 174 Å². The van der Waals surface area contributed by atoms with E-state index >= 15 is 0 Å². The second kappa shape index (κ2) is 11.9. The fraction of sp³-hybridized carbons (Fsp3) is 0. The maximum absolute atomic E-state index is 6.62. The van der Waals surface area contributed by atoms with E-state index in [1.807, 2.05) is 60.7 Å². The molecule has 51 heavy (non-hydrogen) atoms. The van der Waals surface area contributed by atoms with Gasteiger partial charge in [0.1, 0.15) is 11.2 Å². The molecule has 5 heteroatoms. The van der Waals surface area contributed by atoms with Gasteiger partial charge in [0.15, 0.2) is 17.5 Å². The van der Waals surface area contributed by atoms with Crippen LogP contribution in [0.25, 0.3) is 100 Å². The van der Waals surface area contributed by atoms with Crippen molar-refractivity contribution in [1.82, 2.24) is 19.9 Å². The number of nitrogens with zero attached hydrogens (tertiary/aromatic N) is 4. The van der Waals surface area contributed by atoms with Gasteiger partial charge in [-0.2, -0.15) is 0 Å². The summed E-state index contributed by atoms with van der Waals surface area (Å²) in [5, 5.41) is 5.36. The number of rotatable bonds is 5. The highest BCUT2D eigenvalue weighted by Crippen LogP contribution is 2.41. The van der Waals surface area contributed by atoms with Crippen LogP contribution in [0.1, 0.15) is 0 Å². The van der Waals surface area contributed by atoms with Crippen molar-refractivity contribution < 1.29 is 4.42 Å². The standard InChI is InChI=1S/C46H28N4O/c1-3-13-29(14-4-1)30-23-25-32(26-24-30)45-48-44(31-15-5-2-6-16-31)49-46(50-45)39-28-33(27-38-36-19-10-12-22-41(36)51-43(38)39)42-37-20-8-7-17-34(37)35-18-9-11-21-40(35)47-42/h1-28H. The summed E-state index contributed by atoms with van der Waals surface area (Å²) >= 11 is 0. The van der Waals surface area contributed by atoms with Gasteiger partial charge in [0.2, 0.25) is 0 Å². The van der Waals surface area contributed by atoms with Crippen LogP contribution in [-0.2, 0) is 0 Å². The molecule has 0 unspecified atom stereocenters. The van der Waals surface area contributed by atoms with Gasteiger partial charge in [-0.25, -0.2) is 19.9 Å². The number of benzene rings is 7. The van der Waals surface area contributed by atoms with E-state index in [0.29, 0.717) is 17.5 Å². The molecule has 0 spiro atoms. The quantitative estimate of drug-likeness (QED) is 0.173. The fourth-order valence-corrected chi connectivity index (χ4v) is 7.04. The zero-order valence-corrected chi connectivity index (χ0v) is 27.4. The maximum Gasteiger partial charge on any atom is 0.167 e. The summed E-state index contributed by atoms with van der Waals surface area (Å²) in [6, 6.07) is 58.1. The molecule has 0 fully saturated rings. The molecule has 5 nitrogen and oxygen atoms in total. The summed E-state index contributed by atoms with van der Waals surface area (Å²) in [6.45, 7) is 0. The van der Waals surface area contributed by atoms with Gasteiger partial charge in [-0.3, -0.25) is 0 Å². The molecular formula is C46H28N4O. The van der Waals surface area contributed by atoms with Crippen molar-refractivity contribution in [2.24, 2.45) is 0 Å². The molecule has 0 saturated carbocycles. The van der Waals surface area contributed by atoms with Crippen LogP contribution in [0.5, 0.6) is 0 Å². The Bertz CT molecular complexity index is 2900. The number of pyridine rings is 1. The van der Waals surface area contributed by atoms with E-state index in [1.54, 1.807) is 0 Å². The third-order valence-electron chi connectivity index (χ3n) is 9.52. The lowest BCUT2D eigenvalue weighted by atomic mass is 9.97. The van der Waals surface area contributed by atoms with Gasteiger partial charge in [0.25, 0.3) is 0 Å². The first kappa shape index (κ1) is 29.0. The van der Waals surface area contributed by atoms with Crippen LogP contribution in [0.4, 0.5) is 0 Å². The van der Waals surface area contributed by atoms with E-state index in [-0.39, 0.29) is 0 Å². The highest BCUT2D eigenvalue weighted by molar-refractivity contribution is 6.14. The summed E-state index contributed by atoms with van der Waals surface area (Å²) in [7, 11) is 0. The van der Waals surface area contributed by atoms with Crippen LogP contribution in [0.3, 0.4) is 0 Å². The monoisotopic (exact) mass is 652 g/mol. The SMILES string of the molecule is c1ccc(-c2ccc(-c3nc(-c4ccccc4)nc(-c4cc(-c5nc6ccccc6c6ccccc56)cc5c4oc4ccccc45)n3)cc2)cc1. The average molecular weight is 653 g/mol. The molecule has 0 N–H and O–H groups in total. The molecule has 10 aromatic rings. The molecule has 0 aliphatic carbocycles. The van der Waals surface area contributed by atoms with Crippen molar-refractivity contribution in [3.63, 3.8) is 0 Å². The molecule has 7 aromatic carbocycles. The molecule has 0 saturated heterocycles. The van der Waals surface area contributed by atoms with Crippen molar-refractivity contribution in [3.05, 3.63) is 170 Å². The summed E-state index contributed by atoms with van der Waals surface area (Å²) in [6.07, 6.45) is 0. The minimum atomic E-state index is 0.530. The number of hydrogen-bond acceptors (Lipinski definition) is 5. The summed E-state index contributed by atoms with van der Waals surface area (Å²) in [5.74, 6) is 1.70. The highest BCUT2D eigenvalue weighted by atomic mass is 16.3.